The molecule has 1 heterocycles. The van der Waals surface area contributed by atoms with Gasteiger partial charge in [-0.2, -0.15) is 0 Å². The van der Waals surface area contributed by atoms with Crippen LogP contribution in [-0.4, -0.2) is 11.6 Å². The van der Waals surface area contributed by atoms with Crippen molar-refractivity contribution in [3.8, 4) is 5.75 Å². The quantitative estimate of drug-likeness (QED) is 0.782. The molecule has 0 fully saturated rings. The van der Waals surface area contributed by atoms with Crippen molar-refractivity contribution in [2.24, 2.45) is 5.73 Å². The van der Waals surface area contributed by atoms with Gasteiger partial charge < -0.3 is 15.8 Å². The number of rotatable bonds is 1. The van der Waals surface area contributed by atoms with Crippen molar-refractivity contribution in [3.05, 3.63) is 29.3 Å². The highest BCUT2D eigenvalue weighted by molar-refractivity contribution is 5.72. The number of amides is 2. The van der Waals surface area contributed by atoms with Gasteiger partial charge in [-0.1, -0.05) is 17.7 Å². The molecule has 0 bridgehead atoms. The molecule has 4 heteroatoms. The first kappa shape index (κ1) is 11.8. The highest BCUT2D eigenvalue weighted by atomic mass is 16.5. The van der Waals surface area contributed by atoms with Gasteiger partial charge in [0.05, 0.1) is 6.04 Å². The average molecular weight is 234 g/mol. The molecule has 1 unspecified atom stereocenters. The van der Waals surface area contributed by atoms with Gasteiger partial charge in [0.1, 0.15) is 11.4 Å². The number of fused-ring (bicyclic) bond motifs is 1. The predicted molar refractivity (Wildman–Crippen MR) is 66.0 cm³/mol. The van der Waals surface area contributed by atoms with Crippen LogP contribution in [0.15, 0.2) is 18.2 Å². The first-order valence-electron chi connectivity index (χ1n) is 5.73. The van der Waals surface area contributed by atoms with Crippen LogP contribution in [0.3, 0.4) is 0 Å². The average Bonchev–Trinajstić information content (AvgIpc) is 2.17. The van der Waals surface area contributed by atoms with E-state index in [4.69, 9.17) is 10.5 Å². The van der Waals surface area contributed by atoms with E-state index in [-0.39, 0.29) is 11.6 Å². The molecule has 0 saturated carbocycles. The number of carbonyl (C=O) groups excluding carboxylic acids is 1. The van der Waals surface area contributed by atoms with Gasteiger partial charge in [0, 0.05) is 12.0 Å². The van der Waals surface area contributed by atoms with Gasteiger partial charge in [-0.05, 0) is 26.8 Å². The molecule has 4 nitrogen and oxygen atoms in total. The second-order valence-corrected chi connectivity index (χ2v) is 5.17. The van der Waals surface area contributed by atoms with E-state index in [2.05, 4.69) is 5.32 Å². The van der Waals surface area contributed by atoms with Crippen LogP contribution in [0.1, 0.15) is 37.4 Å². The summed E-state index contributed by atoms with van der Waals surface area (Å²) in [5, 5.41) is 2.78. The van der Waals surface area contributed by atoms with Gasteiger partial charge in [-0.25, -0.2) is 4.79 Å². The molecule has 0 aromatic heterocycles. The summed E-state index contributed by atoms with van der Waals surface area (Å²) in [6.07, 6.45) is 0.715. The summed E-state index contributed by atoms with van der Waals surface area (Å²) in [6, 6.07) is 5.40. The Balaban J connectivity index is 2.40. The molecule has 1 atom stereocenters. The van der Waals surface area contributed by atoms with E-state index in [1.54, 1.807) is 0 Å². The third-order valence-electron chi connectivity index (χ3n) is 2.94. The number of hydrogen-bond donors (Lipinski definition) is 2. The summed E-state index contributed by atoms with van der Waals surface area (Å²) in [5.41, 5.74) is 7.06. The van der Waals surface area contributed by atoms with Crippen LogP contribution in [0.25, 0.3) is 0 Å². The van der Waals surface area contributed by atoms with Crippen LogP contribution < -0.4 is 15.8 Å². The van der Waals surface area contributed by atoms with Gasteiger partial charge in [0.25, 0.3) is 0 Å². The number of ether oxygens (including phenoxy) is 1. The molecule has 0 spiro atoms. The Labute approximate surface area is 101 Å². The maximum atomic E-state index is 11.0. The van der Waals surface area contributed by atoms with Gasteiger partial charge in [0.15, 0.2) is 0 Å². The number of carbonyl (C=O) groups is 1. The van der Waals surface area contributed by atoms with E-state index in [9.17, 15) is 4.79 Å². The van der Waals surface area contributed by atoms with Crippen molar-refractivity contribution < 1.29 is 9.53 Å². The molecule has 2 rings (SSSR count). The van der Waals surface area contributed by atoms with Gasteiger partial charge >= 0.3 is 6.03 Å². The van der Waals surface area contributed by atoms with Crippen LogP contribution in [-0.2, 0) is 0 Å². The van der Waals surface area contributed by atoms with Crippen molar-refractivity contribution in [1.82, 2.24) is 5.32 Å². The molecule has 1 aliphatic rings. The molecule has 3 N–H and O–H groups in total. The zero-order chi connectivity index (χ0) is 12.6. The Morgan fingerprint density at radius 3 is 2.88 bits per heavy atom. The Kier molecular flexibility index (Phi) is 2.73. The molecule has 92 valence electrons. The fraction of sp³-hybridized carbons (Fsp3) is 0.462. The largest absolute Gasteiger partial charge is 0.487 e. The smallest absolute Gasteiger partial charge is 0.312 e. The molecular weight excluding hydrogens is 216 g/mol. The minimum absolute atomic E-state index is 0.0776. The minimum Gasteiger partial charge on any atom is -0.487 e. The van der Waals surface area contributed by atoms with Crippen molar-refractivity contribution in [3.63, 3.8) is 0 Å². The third-order valence-corrected chi connectivity index (χ3v) is 2.94. The molecule has 1 aromatic carbocycles. The first-order valence-corrected chi connectivity index (χ1v) is 5.73. The Hall–Kier alpha value is -1.71. The summed E-state index contributed by atoms with van der Waals surface area (Å²) in [6.45, 7) is 6.03. The number of hydrogen-bond acceptors (Lipinski definition) is 2. The summed E-state index contributed by atoms with van der Waals surface area (Å²) in [4.78, 5) is 11.0. The summed E-state index contributed by atoms with van der Waals surface area (Å²) in [7, 11) is 0. The zero-order valence-corrected chi connectivity index (χ0v) is 10.4. The van der Waals surface area contributed by atoms with E-state index >= 15 is 0 Å². The van der Waals surface area contributed by atoms with Gasteiger partial charge in [-0.3, -0.25) is 0 Å². The molecule has 17 heavy (non-hydrogen) atoms. The van der Waals surface area contributed by atoms with Crippen LogP contribution in [0, 0.1) is 6.92 Å². The number of nitrogens with one attached hydrogen (secondary N) is 1. The second-order valence-electron chi connectivity index (χ2n) is 5.17. The highest BCUT2D eigenvalue weighted by Crippen LogP contribution is 2.39. The Morgan fingerprint density at radius 1 is 1.53 bits per heavy atom. The predicted octanol–water partition coefficient (Wildman–Crippen LogP) is 2.27. The molecule has 0 aliphatic carbocycles. The SMILES string of the molecule is Cc1ccc2c(c1)C(NC(N)=O)CC(C)(C)O2. The van der Waals surface area contributed by atoms with Crippen LogP contribution >= 0.6 is 0 Å². The Morgan fingerprint density at radius 2 is 2.24 bits per heavy atom. The lowest BCUT2D eigenvalue weighted by Gasteiger charge is -2.37. The fourth-order valence-corrected chi connectivity index (χ4v) is 2.27. The second kappa shape index (κ2) is 3.95. The molecule has 1 aromatic rings. The maximum absolute atomic E-state index is 11.0. The third kappa shape index (κ3) is 2.52. The number of benzene rings is 1. The summed E-state index contributed by atoms with van der Waals surface area (Å²) in [5.74, 6) is 0.825. The van der Waals surface area contributed by atoms with E-state index in [1.807, 2.05) is 39.0 Å². The van der Waals surface area contributed by atoms with E-state index in [1.165, 1.54) is 0 Å². The number of aryl methyl sites for hydroxylation is 1. The van der Waals surface area contributed by atoms with E-state index < -0.39 is 6.03 Å². The topological polar surface area (TPSA) is 64.3 Å². The number of urea groups is 1. The molecule has 1 aliphatic heterocycles. The molecule has 0 radical (unpaired) electrons. The fourth-order valence-electron chi connectivity index (χ4n) is 2.27. The van der Waals surface area contributed by atoms with Crippen LogP contribution in [0.4, 0.5) is 4.79 Å². The van der Waals surface area contributed by atoms with Crippen molar-refractivity contribution in [2.45, 2.75) is 38.8 Å². The van der Waals surface area contributed by atoms with Gasteiger partial charge in [0.2, 0.25) is 0 Å². The monoisotopic (exact) mass is 234 g/mol. The van der Waals surface area contributed by atoms with Crippen LogP contribution in [0.5, 0.6) is 5.75 Å². The minimum atomic E-state index is -0.500. The first-order chi connectivity index (χ1) is 7.87. The number of primary amides is 1. The van der Waals surface area contributed by atoms with E-state index in [0.29, 0.717) is 6.42 Å². The number of nitrogens with two attached hydrogens (primary N) is 1. The van der Waals surface area contributed by atoms with Crippen LogP contribution in [0.2, 0.25) is 0 Å². The highest BCUT2D eigenvalue weighted by Gasteiger charge is 2.34. The lowest BCUT2D eigenvalue weighted by Crippen LogP contribution is -2.42. The lowest BCUT2D eigenvalue weighted by atomic mass is 9.89. The summed E-state index contributed by atoms with van der Waals surface area (Å²) >= 11 is 0. The van der Waals surface area contributed by atoms with Crippen molar-refractivity contribution in [2.75, 3.05) is 0 Å². The standard InChI is InChI=1S/C13H18N2O2/c1-8-4-5-11-9(6-8)10(15-12(14)16)7-13(2,3)17-11/h4-6,10H,7H2,1-3H3,(H3,14,15,16). The normalized spacial score (nSPS) is 21.2. The van der Waals surface area contributed by atoms with E-state index in [0.717, 1.165) is 16.9 Å². The maximum Gasteiger partial charge on any atom is 0.312 e. The summed E-state index contributed by atoms with van der Waals surface area (Å²) < 4.78 is 5.89. The molecular formula is C13H18N2O2. The lowest BCUT2D eigenvalue weighted by molar-refractivity contribution is 0.0681. The molecule has 2 amide bonds. The Bertz CT molecular complexity index is 455. The van der Waals surface area contributed by atoms with Crippen molar-refractivity contribution in [1.29, 1.82) is 0 Å². The van der Waals surface area contributed by atoms with Crippen molar-refractivity contribution >= 4 is 6.03 Å². The zero-order valence-electron chi connectivity index (χ0n) is 10.4. The molecule has 0 saturated heterocycles. The van der Waals surface area contributed by atoms with Gasteiger partial charge in [-0.15, -0.1) is 0 Å².